The van der Waals surface area contributed by atoms with Crippen molar-refractivity contribution in [3.8, 4) is 6.07 Å². The zero-order chi connectivity index (χ0) is 19.9. The van der Waals surface area contributed by atoms with Crippen LogP contribution in [0.25, 0.3) is 0 Å². The summed E-state index contributed by atoms with van der Waals surface area (Å²) in [5.74, 6) is -0.639. The minimum atomic E-state index is -1.17. The van der Waals surface area contributed by atoms with Gasteiger partial charge in [0.05, 0.1) is 0 Å². The van der Waals surface area contributed by atoms with Crippen LogP contribution >= 0.6 is 0 Å². The van der Waals surface area contributed by atoms with E-state index in [1.54, 1.807) is 6.07 Å². The Hall–Kier alpha value is -3.20. The summed E-state index contributed by atoms with van der Waals surface area (Å²) < 4.78 is 5.35. The number of aromatic nitrogens is 1. The number of nitrogens with one attached hydrogen (secondary N) is 1. The number of nitrogens with zero attached hydrogens (tertiary/aromatic N) is 2. The molecule has 0 spiro atoms. The zero-order valence-corrected chi connectivity index (χ0v) is 16.5. The van der Waals surface area contributed by atoms with Gasteiger partial charge in [0.25, 0.3) is 0 Å². The van der Waals surface area contributed by atoms with E-state index in [-0.39, 0.29) is 21.4 Å². The first-order valence-corrected chi connectivity index (χ1v) is 10.2. The summed E-state index contributed by atoms with van der Waals surface area (Å²) in [6.45, 7) is 1.08. The monoisotopic (exact) mass is 436 g/mol. The number of carboxylic acid groups (broad SMARTS) is 1. The molecule has 0 fully saturated rings. The molecule has 28 heavy (non-hydrogen) atoms. The molecule has 0 unspecified atom stereocenters. The zero-order valence-electron chi connectivity index (χ0n) is 14.6. The van der Waals surface area contributed by atoms with Gasteiger partial charge in [0, 0.05) is 0 Å². The second kappa shape index (κ2) is 9.13. The molecule has 0 aliphatic rings. The third-order valence-corrected chi connectivity index (χ3v) is 6.06. The second-order valence-electron chi connectivity index (χ2n) is 5.83. The van der Waals surface area contributed by atoms with Crippen molar-refractivity contribution >= 4 is 30.6 Å². The van der Waals surface area contributed by atoms with Crippen LogP contribution in [0, 0.1) is 11.3 Å². The van der Waals surface area contributed by atoms with Crippen LogP contribution in [0.1, 0.15) is 37.7 Å². The Labute approximate surface area is 167 Å². The predicted octanol–water partition coefficient (Wildman–Crippen LogP) is 1.70. The summed E-state index contributed by atoms with van der Waals surface area (Å²) in [6, 6.07) is 17.6. The van der Waals surface area contributed by atoms with E-state index < -0.39 is 21.7 Å². The molecule has 7 nitrogen and oxygen atoms in total. The summed E-state index contributed by atoms with van der Waals surface area (Å²) >= 11 is -1.13. The quantitative estimate of drug-likeness (QED) is 0.517. The van der Waals surface area contributed by atoms with Crippen molar-refractivity contribution in [2.75, 3.05) is 0 Å². The first kappa shape index (κ1) is 19.6. The van der Waals surface area contributed by atoms with Crippen molar-refractivity contribution in [1.29, 1.82) is 5.26 Å². The fourth-order valence-electron chi connectivity index (χ4n) is 2.46. The molecule has 0 aliphatic carbocycles. The number of rotatable bonds is 8. The van der Waals surface area contributed by atoms with Crippen molar-refractivity contribution in [3.05, 3.63) is 82.7 Å². The van der Waals surface area contributed by atoms with Gasteiger partial charge in [-0.1, -0.05) is 0 Å². The third kappa shape index (κ3) is 4.95. The first-order chi connectivity index (χ1) is 13.6. The van der Waals surface area contributed by atoms with Crippen molar-refractivity contribution < 1.29 is 19.2 Å². The van der Waals surface area contributed by atoms with Gasteiger partial charge in [-0.2, -0.15) is 0 Å². The fraction of sp³-hybridized carbons (Fsp3) is 0.100. The average Bonchev–Trinajstić information content (AvgIpc) is 3.18. The maximum atomic E-state index is 12.5. The molecule has 0 amide bonds. The topological polar surface area (TPSA) is 116 Å². The van der Waals surface area contributed by atoms with Gasteiger partial charge in [0.1, 0.15) is 0 Å². The number of benzene rings is 2. The van der Waals surface area contributed by atoms with Gasteiger partial charge in [0.15, 0.2) is 0 Å². The number of carbonyl (C=O) groups is 2. The van der Waals surface area contributed by atoms with Crippen molar-refractivity contribution in [2.24, 2.45) is 0 Å². The average molecular weight is 436 g/mol. The Bertz CT molecular complexity index is 1040. The van der Waals surface area contributed by atoms with E-state index in [1.165, 1.54) is 18.2 Å². The molecule has 0 saturated heterocycles. The van der Waals surface area contributed by atoms with Gasteiger partial charge in [-0.15, -0.1) is 0 Å². The van der Waals surface area contributed by atoms with E-state index in [2.05, 4.69) is 10.5 Å². The summed E-state index contributed by atoms with van der Waals surface area (Å²) in [5.41, 5.74) is 1.52. The Morgan fingerprint density at radius 3 is 2.64 bits per heavy atom. The van der Waals surface area contributed by atoms with Gasteiger partial charge in [-0.25, -0.2) is 0 Å². The number of hydrogen-bond donors (Lipinski definition) is 2. The molecule has 2 N–H and O–H groups in total. The third-order valence-electron chi connectivity index (χ3n) is 3.83. The Balaban J connectivity index is 1.63. The number of carboxylic acids is 1. The van der Waals surface area contributed by atoms with E-state index in [4.69, 9.17) is 9.78 Å². The first-order valence-electron chi connectivity index (χ1n) is 8.30. The van der Waals surface area contributed by atoms with E-state index in [1.807, 2.05) is 36.4 Å². The Morgan fingerprint density at radius 2 is 1.93 bits per heavy atom. The number of aromatic carboxylic acids is 1. The maximum absolute atomic E-state index is 12.5. The summed E-state index contributed by atoms with van der Waals surface area (Å²) in [5, 5.41) is 25.2. The molecule has 1 aromatic heterocycles. The van der Waals surface area contributed by atoms with Gasteiger partial charge >= 0.3 is 167 Å². The number of hydrogen-bond acceptors (Lipinski definition) is 6. The van der Waals surface area contributed by atoms with Crippen LogP contribution in [0.3, 0.4) is 0 Å². The molecule has 1 radical (unpaired) electrons. The van der Waals surface area contributed by atoms with Gasteiger partial charge in [0.2, 0.25) is 0 Å². The van der Waals surface area contributed by atoms with Crippen LogP contribution in [0.5, 0.6) is 0 Å². The molecule has 2 aromatic carbocycles. The molecule has 139 valence electrons. The standard InChI is InChI=1S/C20H15AsN3O4/c22-10-14-6-7-17(16(8-14)20(26)27)21-19(25)18-9-15(28-24-18)12-23-11-13-4-2-1-3-5-13/h1-9,23H,11-12H2,(H,26,27). The molecule has 0 aliphatic heterocycles. The fourth-order valence-corrected chi connectivity index (χ4v) is 4.29. The van der Waals surface area contributed by atoms with E-state index in [0.29, 0.717) is 23.2 Å². The molecular formula is C20H15AsN3O4. The van der Waals surface area contributed by atoms with Crippen molar-refractivity contribution in [2.45, 2.75) is 13.1 Å². The second-order valence-corrected chi connectivity index (χ2v) is 8.17. The molecule has 3 rings (SSSR count). The molecular weight excluding hydrogens is 421 g/mol. The molecule has 1 heterocycles. The Morgan fingerprint density at radius 1 is 1.14 bits per heavy atom. The van der Waals surface area contributed by atoms with E-state index >= 15 is 0 Å². The molecule has 0 atom stereocenters. The van der Waals surface area contributed by atoms with Crippen LogP contribution in [0.15, 0.2) is 59.1 Å². The molecule has 0 saturated carbocycles. The van der Waals surface area contributed by atoms with Crippen LogP contribution < -0.4 is 9.67 Å². The number of carbonyl (C=O) groups excluding carboxylic acids is 1. The van der Waals surface area contributed by atoms with E-state index in [0.717, 1.165) is 5.56 Å². The molecule has 8 heteroatoms. The van der Waals surface area contributed by atoms with Crippen LogP contribution in [-0.4, -0.2) is 36.6 Å². The van der Waals surface area contributed by atoms with Crippen LogP contribution in [0.4, 0.5) is 0 Å². The molecule has 0 bridgehead atoms. The van der Waals surface area contributed by atoms with Gasteiger partial charge in [-0.3, -0.25) is 0 Å². The predicted molar refractivity (Wildman–Crippen MR) is 101 cm³/mol. The van der Waals surface area contributed by atoms with E-state index in [9.17, 15) is 14.7 Å². The van der Waals surface area contributed by atoms with Crippen LogP contribution in [-0.2, 0) is 13.1 Å². The van der Waals surface area contributed by atoms with Crippen molar-refractivity contribution in [3.63, 3.8) is 0 Å². The Kier molecular flexibility index (Phi) is 6.38. The van der Waals surface area contributed by atoms with Crippen LogP contribution in [0.2, 0.25) is 0 Å². The van der Waals surface area contributed by atoms with Gasteiger partial charge < -0.3 is 0 Å². The van der Waals surface area contributed by atoms with Crippen molar-refractivity contribution in [1.82, 2.24) is 10.5 Å². The summed E-state index contributed by atoms with van der Waals surface area (Å²) in [6.07, 6.45) is 0. The summed E-state index contributed by atoms with van der Waals surface area (Å²) in [7, 11) is 0. The normalized spacial score (nSPS) is 10.8. The van der Waals surface area contributed by atoms with Gasteiger partial charge in [-0.05, 0) is 0 Å². The summed E-state index contributed by atoms with van der Waals surface area (Å²) in [4.78, 5) is 23.9. The number of nitriles is 1. The SMILES string of the molecule is N#Cc1ccc([As]C(=O)c2cc(CNCc3ccccc3)on2)c(C(=O)O)c1. The minimum absolute atomic E-state index is 0.0272. The molecule has 3 aromatic rings.